The fourth-order valence-corrected chi connectivity index (χ4v) is 4.18. The highest BCUT2D eigenvalue weighted by Gasteiger charge is 2.55. The first kappa shape index (κ1) is 16.6. The Morgan fingerprint density at radius 1 is 1.38 bits per heavy atom. The van der Waals surface area contributed by atoms with Crippen LogP contribution in [0.1, 0.15) is 24.8 Å². The maximum atomic E-state index is 12.5. The van der Waals surface area contributed by atoms with Gasteiger partial charge in [0.2, 0.25) is 0 Å². The van der Waals surface area contributed by atoms with E-state index < -0.39 is 11.4 Å². The highest BCUT2D eigenvalue weighted by atomic mass is 16.4. The molecule has 2 fully saturated rings. The Hall–Kier alpha value is -2.90. The lowest BCUT2D eigenvalue weighted by atomic mass is 9.81. The zero-order valence-electron chi connectivity index (χ0n) is 14.3. The lowest BCUT2D eigenvalue weighted by Gasteiger charge is -2.23. The van der Waals surface area contributed by atoms with Crippen molar-refractivity contribution in [3.63, 3.8) is 0 Å². The van der Waals surface area contributed by atoms with Crippen molar-refractivity contribution in [1.82, 2.24) is 25.0 Å². The van der Waals surface area contributed by atoms with Gasteiger partial charge < -0.3 is 15.3 Å². The van der Waals surface area contributed by atoms with E-state index in [1.807, 2.05) is 18.2 Å². The smallest absolute Gasteiger partial charge is 0.317 e. The summed E-state index contributed by atoms with van der Waals surface area (Å²) in [4.78, 5) is 30.2. The van der Waals surface area contributed by atoms with Gasteiger partial charge in [0, 0.05) is 38.2 Å². The number of hydrogen-bond donors (Lipinski definition) is 2. The van der Waals surface area contributed by atoms with Crippen molar-refractivity contribution in [3.05, 3.63) is 42.4 Å². The molecule has 0 aromatic carbocycles. The van der Waals surface area contributed by atoms with Gasteiger partial charge in [-0.1, -0.05) is 6.42 Å². The van der Waals surface area contributed by atoms with Crippen LogP contribution in [-0.4, -0.2) is 49.9 Å². The largest absolute Gasteiger partial charge is 0.481 e. The molecule has 0 unspecified atom stereocenters. The van der Waals surface area contributed by atoms with E-state index >= 15 is 0 Å². The normalized spacial score (nSPS) is 24.5. The number of carbonyl (C=O) groups excluding carboxylic acids is 1. The molecule has 1 aliphatic carbocycles. The molecule has 2 aromatic heterocycles. The molecular formula is C18H21N5O3. The highest BCUT2D eigenvalue weighted by Crippen LogP contribution is 2.48. The zero-order valence-corrected chi connectivity index (χ0v) is 14.3. The van der Waals surface area contributed by atoms with Gasteiger partial charge in [-0.05, 0) is 42.5 Å². The van der Waals surface area contributed by atoms with E-state index in [0.29, 0.717) is 31.9 Å². The number of urea groups is 1. The number of carboxylic acids is 1. The predicted molar refractivity (Wildman–Crippen MR) is 92.6 cm³/mol. The molecule has 136 valence electrons. The van der Waals surface area contributed by atoms with E-state index in [4.69, 9.17) is 0 Å². The summed E-state index contributed by atoms with van der Waals surface area (Å²) in [6.45, 7) is 1.18. The van der Waals surface area contributed by atoms with Crippen LogP contribution in [0.15, 0.2) is 36.8 Å². The van der Waals surface area contributed by atoms with Crippen LogP contribution in [0.2, 0.25) is 0 Å². The van der Waals surface area contributed by atoms with Crippen LogP contribution in [0.3, 0.4) is 0 Å². The zero-order chi connectivity index (χ0) is 18.1. The molecule has 2 amide bonds. The summed E-state index contributed by atoms with van der Waals surface area (Å²) in [7, 11) is 0. The fourth-order valence-electron chi connectivity index (χ4n) is 4.18. The van der Waals surface area contributed by atoms with Crippen molar-refractivity contribution in [2.75, 3.05) is 13.1 Å². The van der Waals surface area contributed by atoms with Gasteiger partial charge in [-0.15, -0.1) is 0 Å². The van der Waals surface area contributed by atoms with Crippen LogP contribution < -0.4 is 5.32 Å². The lowest BCUT2D eigenvalue weighted by Crippen LogP contribution is -2.41. The standard InChI is InChI=1S/C18H21N5O3/c24-16(25)18-5-1-3-14(18)11-22(12-18)17(26)20-10-13-4-7-19-15(9-13)23-8-2-6-21-23/h2,4,6-9,14H,1,3,5,10-12H2,(H,20,26)(H,24,25)/t14-,18+/m0/s1. The number of rotatable bonds is 4. The van der Waals surface area contributed by atoms with Gasteiger partial charge in [0.15, 0.2) is 5.82 Å². The number of amides is 2. The molecule has 1 saturated carbocycles. The van der Waals surface area contributed by atoms with Gasteiger partial charge in [-0.3, -0.25) is 4.79 Å². The van der Waals surface area contributed by atoms with Crippen molar-refractivity contribution < 1.29 is 14.7 Å². The molecule has 8 heteroatoms. The number of likely N-dealkylation sites (tertiary alicyclic amines) is 1. The second kappa shape index (κ2) is 6.44. The third-order valence-corrected chi connectivity index (χ3v) is 5.58. The van der Waals surface area contributed by atoms with Crippen LogP contribution in [-0.2, 0) is 11.3 Å². The van der Waals surface area contributed by atoms with E-state index in [9.17, 15) is 14.7 Å². The average molecular weight is 355 g/mol. The van der Waals surface area contributed by atoms with Gasteiger partial charge in [-0.2, -0.15) is 5.10 Å². The molecule has 2 atom stereocenters. The number of nitrogens with zero attached hydrogens (tertiary/aromatic N) is 4. The minimum atomic E-state index is -0.770. The molecule has 1 aliphatic heterocycles. The minimum Gasteiger partial charge on any atom is -0.481 e. The molecule has 0 radical (unpaired) electrons. The van der Waals surface area contributed by atoms with Crippen molar-refractivity contribution in [2.24, 2.45) is 11.3 Å². The Morgan fingerprint density at radius 3 is 3.00 bits per heavy atom. The van der Waals surface area contributed by atoms with E-state index in [1.165, 1.54) is 0 Å². The van der Waals surface area contributed by atoms with Gasteiger partial charge >= 0.3 is 12.0 Å². The topological polar surface area (TPSA) is 100 Å². The Bertz CT molecular complexity index is 822. The van der Waals surface area contributed by atoms with Gasteiger partial charge in [0.25, 0.3) is 0 Å². The number of fused-ring (bicyclic) bond motifs is 1. The molecule has 3 heterocycles. The molecular weight excluding hydrogens is 334 g/mol. The molecule has 4 rings (SSSR count). The lowest BCUT2D eigenvalue weighted by molar-refractivity contribution is -0.149. The van der Waals surface area contributed by atoms with Crippen LogP contribution >= 0.6 is 0 Å². The molecule has 2 aromatic rings. The maximum Gasteiger partial charge on any atom is 0.317 e. The number of aliphatic carboxylic acids is 1. The number of hydrogen-bond acceptors (Lipinski definition) is 4. The summed E-state index contributed by atoms with van der Waals surface area (Å²) in [5.74, 6) is -0.0197. The van der Waals surface area contributed by atoms with Gasteiger partial charge in [0.1, 0.15) is 0 Å². The summed E-state index contributed by atoms with van der Waals surface area (Å²) in [5.41, 5.74) is 0.160. The van der Waals surface area contributed by atoms with E-state index in [2.05, 4.69) is 15.4 Å². The molecule has 2 aliphatic rings. The number of carboxylic acid groups (broad SMARTS) is 1. The Kier molecular flexibility index (Phi) is 4.10. The molecule has 26 heavy (non-hydrogen) atoms. The molecule has 1 saturated heterocycles. The van der Waals surface area contributed by atoms with Crippen molar-refractivity contribution in [2.45, 2.75) is 25.8 Å². The quantitative estimate of drug-likeness (QED) is 0.869. The van der Waals surface area contributed by atoms with Crippen molar-refractivity contribution in [3.8, 4) is 5.82 Å². The second-order valence-electron chi connectivity index (χ2n) is 7.06. The van der Waals surface area contributed by atoms with Gasteiger partial charge in [-0.25, -0.2) is 14.5 Å². The molecule has 2 N–H and O–H groups in total. The summed E-state index contributed by atoms with van der Waals surface area (Å²) in [6, 6.07) is 5.31. The Morgan fingerprint density at radius 2 is 2.27 bits per heavy atom. The predicted octanol–water partition coefficient (Wildman–Crippen LogP) is 1.66. The Balaban J connectivity index is 1.39. The van der Waals surface area contributed by atoms with Crippen LogP contribution in [0.5, 0.6) is 0 Å². The monoisotopic (exact) mass is 355 g/mol. The summed E-state index contributed by atoms with van der Waals surface area (Å²) >= 11 is 0. The first-order chi connectivity index (χ1) is 12.6. The number of pyridine rings is 1. The fraction of sp³-hybridized carbons (Fsp3) is 0.444. The van der Waals surface area contributed by atoms with Crippen LogP contribution in [0.4, 0.5) is 4.79 Å². The first-order valence-electron chi connectivity index (χ1n) is 8.80. The molecule has 8 nitrogen and oxygen atoms in total. The summed E-state index contributed by atoms with van der Waals surface area (Å²) in [5, 5.41) is 16.7. The Labute approximate surface area is 150 Å². The third-order valence-electron chi connectivity index (χ3n) is 5.58. The van der Waals surface area contributed by atoms with E-state index in [0.717, 1.165) is 18.4 Å². The highest BCUT2D eigenvalue weighted by molar-refractivity contribution is 5.80. The molecule has 0 bridgehead atoms. The average Bonchev–Trinajstić information content (AvgIpc) is 3.35. The first-order valence-corrected chi connectivity index (χ1v) is 8.80. The summed E-state index contributed by atoms with van der Waals surface area (Å²) < 4.78 is 1.66. The van der Waals surface area contributed by atoms with E-state index in [-0.39, 0.29) is 11.9 Å². The SMILES string of the molecule is O=C(NCc1ccnc(-n2cccn2)c1)N1C[C@@H]2CCC[C@@]2(C(=O)O)C1. The van der Waals surface area contributed by atoms with Crippen LogP contribution in [0, 0.1) is 11.3 Å². The third kappa shape index (κ3) is 2.81. The minimum absolute atomic E-state index is 0.0677. The van der Waals surface area contributed by atoms with Crippen molar-refractivity contribution >= 4 is 12.0 Å². The summed E-state index contributed by atoms with van der Waals surface area (Å²) in [6.07, 6.45) is 7.64. The van der Waals surface area contributed by atoms with Crippen LogP contribution in [0.25, 0.3) is 5.82 Å². The molecule has 0 spiro atoms. The van der Waals surface area contributed by atoms with Gasteiger partial charge in [0.05, 0.1) is 5.41 Å². The number of carbonyl (C=O) groups is 2. The van der Waals surface area contributed by atoms with E-state index in [1.54, 1.807) is 28.2 Å². The van der Waals surface area contributed by atoms with Crippen molar-refractivity contribution in [1.29, 1.82) is 0 Å². The number of nitrogens with one attached hydrogen (secondary N) is 1. The number of aromatic nitrogens is 3. The second-order valence-corrected chi connectivity index (χ2v) is 7.06. The maximum absolute atomic E-state index is 12.5.